The van der Waals surface area contributed by atoms with Gasteiger partial charge in [0, 0.05) is 0 Å². The third-order valence-electron chi connectivity index (χ3n) is 8.91. The van der Waals surface area contributed by atoms with Crippen molar-refractivity contribution in [2.24, 2.45) is 0 Å². The Bertz CT molecular complexity index is 1690. The molecule has 0 aliphatic rings. The zero-order valence-corrected chi connectivity index (χ0v) is 25.5. The normalized spacial score (nSPS) is 11.4. The van der Waals surface area contributed by atoms with Gasteiger partial charge in [0.15, 0.2) is 0 Å². The van der Waals surface area contributed by atoms with E-state index in [4.69, 9.17) is 0 Å². The predicted molar refractivity (Wildman–Crippen MR) is 171 cm³/mol. The fraction of sp³-hybridized carbons (Fsp3) is 0.282. The van der Waals surface area contributed by atoms with Crippen LogP contribution in [0.4, 0.5) is 0 Å². The van der Waals surface area contributed by atoms with Crippen LogP contribution < -0.4 is 0 Å². The maximum absolute atomic E-state index is 2.40. The van der Waals surface area contributed by atoms with Crippen LogP contribution in [0.2, 0.25) is 0 Å². The van der Waals surface area contributed by atoms with Crippen molar-refractivity contribution in [2.75, 3.05) is 0 Å². The van der Waals surface area contributed by atoms with E-state index >= 15 is 0 Å². The van der Waals surface area contributed by atoms with Crippen LogP contribution in [0, 0.1) is 69.2 Å². The minimum atomic E-state index is 0.961. The van der Waals surface area contributed by atoms with Crippen LogP contribution in [0.15, 0.2) is 60.7 Å². The lowest BCUT2D eigenvalue weighted by molar-refractivity contribution is 1.12. The summed E-state index contributed by atoms with van der Waals surface area (Å²) in [4.78, 5) is 0. The highest BCUT2D eigenvalue weighted by Crippen LogP contribution is 2.37. The Kier molecular flexibility index (Phi) is 7.02. The van der Waals surface area contributed by atoms with Gasteiger partial charge in [0.2, 0.25) is 0 Å². The second-order valence-corrected chi connectivity index (χ2v) is 12.0. The van der Waals surface area contributed by atoms with Crippen molar-refractivity contribution in [1.82, 2.24) is 0 Å². The zero-order valence-electron chi connectivity index (χ0n) is 25.5. The second-order valence-electron chi connectivity index (χ2n) is 12.0. The SMILES string of the molecule is Cc1cc(C)c(-c2cc(C)c(-c3cc(C)c(Cc4ccc5c(C)c(C)c(C)cc5c4)c(C)c3)c(C)c2)c(C)c1. The standard InChI is InChI=1S/C39H42/c1-22-13-26(5)38(27(6)14-22)35-18-28(7)39(29(8)19-35)34-16-24(3)37(25(4)17-34)21-32-11-12-36-31(10)30(9)23(2)15-33(36)20-32/h11-20H,21H2,1-10H3. The Morgan fingerprint density at radius 2 is 0.923 bits per heavy atom. The average Bonchev–Trinajstić information content (AvgIpc) is 2.84. The van der Waals surface area contributed by atoms with E-state index in [-0.39, 0.29) is 0 Å². The number of fused-ring (bicyclic) bond motifs is 1. The highest BCUT2D eigenvalue weighted by molar-refractivity contribution is 5.88. The topological polar surface area (TPSA) is 0 Å². The number of rotatable bonds is 4. The van der Waals surface area contributed by atoms with E-state index in [1.54, 1.807) is 0 Å². The third-order valence-corrected chi connectivity index (χ3v) is 8.91. The summed E-state index contributed by atoms with van der Waals surface area (Å²) in [5, 5.41) is 2.72. The summed E-state index contributed by atoms with van der Waals surface area (Å²) < 4.78 is 0. The maximum Gasteiger partial charge on any atom is -0.00203 e. The Morgan fingerprint density at radius 1 is 0.436 bits per heavy atom. The van der Waals surface area contributed by atoms with Gasteiger partial charge < -0.3 is 0 Å². The van der Waals surface area contributed by atoms with E-state index in [2.05, 4.69) is 130 Å². The van der Waals surface area contributed by atoms with E-state index in [1.165, 1.54) is 99.8 Å². The van der Waals surface area contributed by atoms with Crippen LogP contribution in [-0.4, -0.2) is 0 Å². The van der Waals surface area contributed by atoms with Crippen LogP contribution in [0.3, 0.4) is 0 Å². The molecule has 0 aliphatic heterocycles. The molecule has 0 heterocycles. The van der Waals surface area contributed by atoms with Gasteiger partial charge >= 0.3 is 0 Å². The second kappa shape index (κ2) is 10.2. The minimum Gasteiger partial charge on any atom is -0.0581 e. The van der Waals surface area contributed by atoms with Crippen LogP contribution >= 0.6 is 0 Å². The van der Waals surface area contributed by atoms with Gasteiger partial charge in [0.1, 0.15) is 0 Å². The molecule has 0 spiro atoms. The molecule has 0 bridgehead atoms. The first-order valence-corrected chi connectivity index (χ1v) is 14.2. The minimum absolute atomic E-state index is 0.961. The molecule has 5 aromatic rings. The summed E-state index contributed by atoms with van der Waals surface area (Å²) in [6.07, 6.45) is 0.961. The van der Waals surface area contributed by atoms with Crippen molar-refractivity contribution in [3.63, 3.8) is 0 Å². The Balaban J connectivity index is 1.52. The van der Waals surface area contributed by atoms with Crippen molar-refractivity contribution >= 4 is 10.8 Å². The molecule has 198 valence electrons. The number of benzene rings is 5. The fourth-order valence-corrected chi connectivity index (χ4v) is 6.84. The average molecular weight is 511 g/mol. The summed E-state index contributed by atoms with van der Waals surface area (Å²) in [7, 11) is 0. The molecular weight excluding hydrogens is 468 g/mol. The third kappa shape index (κ3) is 4.94. The Morgan fingerprint density at radius 3 is 1.46 bits per heavy atom. The van der Waals surface area contributed by atoms with Gasteiger partial charge in [0.05, 0.1) is 0 Å². The fourth-order valence-electron chi connectivity index (χ4n) is 6.84. The number of aryl methyl sites for hydroxylation is 9. The zero-order chi connectivity index (χ0) is 28.2. The first-order chi connectivity index (χ1) is 18.4. The largest absolute Gasteiger partial charge is 0.0581 e. The molecule has 39 heavy (non-hydrogen) atoms. The van der Waals surface area contributed by atoms with Crippen LogP contribution in [-0.2, 0) is 6.42 Å². The van der Waals surface area contributed by atoms with Gasteiger partial charge in [0.25, 0.3) is 0 Å². The highest BCUT2D eigenvalue weighted by Gasteiger charge is 2.15. The molecular formula is C39H42. The van der Waals surface area contributed by atoms with Gasteiger partial charge in [-0.25, -0.2) is 0 Å². The summed E-state index contributed by atoms with van der Waals surface area (Å²) in [6, 6.07) is 23.5. The van der Waals surface area contributed by atoms with Crippen LogP contribution in [0.25, 0.3) is 33.0 Å². The first-order valence-electron chi connectivity index (χ1n) is 14.2. The Hall–Kier alpha value is -3.64. The summed E-state index contributed by atoms with van der Waals surface area (Å²) in [5.74, 6) is 0. The maximum atomic E-state index is 2.40. The summed E-state index contributed by atoms with van der Waals surface area (Å²) in [6.45, 7) is 22.4. The van der Waals surface area contributed by atoms with Crippen molar-refractivity contribution in [1.29, 1.82) is 0 Å². The molecule has 0 amide bonds. The highest BCUT2D eigenvalue weighted by atomic mass is 14.2. The lowest BCUT2D eigenvalue weighted by Gasteiger charge is -2.19. The van der Waals surface area contributed by atoms with E-state index in [9.17, 15) is 0 Å². The molecule has 0 heteroatoms. The quantitative estimate of drug-likeness (QED) is 0.225. The molecule has 5 aromatic carbocycles. The lowest BCUT2D eigenvalue weighted by atomic mass is 9.86. The van der Waals surface area contributed by atoms with E-state index in [0.29, 0.717) is 0 Å². The van der Waals surface area contributed by atoms with Crippen LogP contribution in [0.1, 0.15) is 66.8 Å². The summed E-state index contributed by atoms with van der Waals surface area (Å²) in [5.41, 5.74) is 21.8. The molecule has 0 unspecified atom stereocenters. The van der Waals surface area contributed by atoms with Gasteiger partial charge in [-0.3, -0.25) is 0 Å². The lowest BCUT2D eigenvalue weighted by Crippen LogP contribution is -1.99. The van der Waals surface area contributed by atoms with Gasteiger partial charge in [-0.05, 0) is 170 Å². The molecule has 0 radical (unpaired) electrons. The van der Waals surface area contributed by atoms with Crippen molar-refractivity contribution in [2.45, 2.75) is 75.7 Å². The van der Waals surface area contributed by atoms with E-state index in [1.807, 2.05) is 0 Å². The van der Waals surface area contributed by atoms with Gasteiger partial charge in [-0.15, -0.1) is 0 Å². The smallest absolute Gasteiger partial charge is 0.00203 e. The molecule has 0 saturated heterocycles. The first kappa shape index (κ1) is 26.9. The van der Waals surface area contributed by atoms with Crippen molar-refractivity contribution in [3.05, 3.63) is 127 Å². The monoisotopic (exact) mass is 510 g/mol. The molecule has 0 aromatic heterocycles. The molecule has 0 nitrogen and oxygen atoms in total. The number of hydrogen-bond acceptors (Lipinski definition) is 0. The van der Waals surface area contributed by atoms with Gasteiger partial charge in [-0.1, -0.05) is 66.2 Å². The van der Waals surface area contributed by atoms with E-state index in [0.717, 1.165) is 6.42 Å². The molecule has 5 rings (SSSR count). The molecule has 0 aliphatic carbocycles. The molecule has 0 fully saturated rings. The molecule has 0 atom stereocenters. The predicted octanol–water partition coefficient (Wildman–Crippen LogP) is 10.8. The van der Waals surface area contributed by atoms with Crippen molar-refractivity contribution in [3.8, 4) is 22.3 Å². The molecule has 0 saturated carbocycles. The van der Waals surface area contributed by atoms with E-state index < -0.39 is 0 Å². The number of hydrogen-bond donors (Lipinski definition) is 0. The Labute approximate surface area is 235 Å². The van der Waals surface area contributed by atoms with Crippen molar-refractivity contribution < 1.29 is 0 Å². The van der Waals surface area contributed by atoms with Gasteiger partial charge in [-0.2, -0.15) is 0 Å². The molecule has 0 N–H and O–H groups in total. The van der Waals surface area contributed by atoms with Crippen LogP contribution in [0.5, 0.6) is 0 Å². The summed E-state index contributed by atoms with van der Waals surface area (Å²) >= 11 is 0.